The van der Waals surface area contributed by atoms with Crippen molar-refractivity contribution < 1.29 is 14.3 Å². The Morgan fingerprint density at radius 2 is 2.45 bits per heavy atom. The Balaban J connectivity index is 1.52. The molecule has 1 fully saturated rings. The number of likely N-dealkylation sites (tertiary alicyclic amines) is 1. The lowest BCUT2D eigenvalue weighted by Crippen LogP contribution is -2.44. The van der Waals surface area contributed by atoms with E-state index in [1.807, 2.05) is 12.1 Å². The van der Waals surface area contributed by atoms with Crippen LogP contribution >= 0.6 is 0 Å². The maximum Gasteiger partial charge on any atom is 0.129 e. The highest BCUT2D eigenvalue weighted by Crippen LogP contribution is 2.13. The molecular weight excluding hydrogens is 256 g/mol. The van der Waals surface area contributed by atoms with Crippen LogP contribution < -0.4 is 5.32 Å². The molecule has 2 N–H and O–H groups in total. The molecule has 2 atom stereocenters. The number of nitrogens with zero attached hydrogens (tertiary/aromatic N) is 1. The molecule has 1 aliphatic rings. The van der Waals surface area contributed by atoms with Crippen LogP contribution in [0.15, 0.2) is 22.8 Å². The molecule has 20 heavy (non-hydrogen) atoms. The molecule has 5 heteroatoms. The van der Waals surface area contributed by atoms with Crippen molar-refractivity contribution in [1.29, 1.82) is 0 Å². The predicted molar refractivity (Wildman–Crippen MR) is 77.5 cm³/mol. The first-order chi connectivity index (χ1) is 9.75. The molecular formula is C15H26N2O3. The fourth-order valence-corrected chi connectivity index (χ4v) is 2.57. The zero-order chi connectivity index (χ0) is 14.2. The number of piperidine rings is 1. The number of rotatable bonds is 8. The van der Waals surface area contributed by atoms with E-state index in [1.165, 1.54) is 25.8 Å². The zero-order valence-electron chi connectivity index (χ0n) is 12.3. The van der Waals surface area contributed by atoms with Crippen LogP contribution in [0.5, 0.6) is 0 Å². The van der Waals surface area contributed by atoms with Gasteiger partial charge in [-0.1, -0.05) is 6.42 Å². The second-order valence-corrected chi connectivity index (χ2v) is 5.54. The van der Waals surface area contributed by atoms with Crippen LogP contribution in [0.2, 0.25) is 0 Å². The molecule has 1 aromatic rings. The molecule has 2 unspecified atom stereocenters. The second kappa shape index (κ2) is 8.42. The zero-order valence-corrected chi connectivity index (χ0v) is 12.3. The summed E-state index contributed by atoms with van der Waals surface area (Å²) in [5.74, 6) is 0.786. The number of hydrogen-bond acceptors (Lipinski definition) is 5. The Kier molecular flexibility index (Phi) is 6.53. The van der Waals surface area contributed by atoms with Gasteiger partial charge in [-0.2, -0.15) is 0 Å². The van der Waals surface area contributed by atoms with Crippen molar-refractivity contribution in [1.82, 2.24) is 10.2 Å². The van der Waals surface area contributed by atoms with E-state index >= 15 is 0 Å². The number of nitrogens with one attached hydrogen (secondary N) is 1. The number of ether oxygens (including phenoxy) is 1. The lowest BCUT2D eigenvalue weighted by molar-refractivity contribution is 0.0218. The number of hydrogen-bond donors (Lipinski definition) is 2. The SMILES string of the molecule is CN1CCCCC1CNCC(O)COCc1ccco1. The molecule has 2 heterocycles. The molecule has 0 amide bonds. The van der Waals surface area contributed by atoms with Gasteiger partial charge in [-0.05, 0) is 38.6 Å². The Morgan fingerprint density at radius 3 is 3.20 bits per heavy atom. The lowest BCUT2D eigenvalue weighted by atomic mass is 10.0. The number of aliphatic hydroxyl groups excluding tert-OH is 1. The molecule has 1 aromatic heterocycles. The van der Waals surface area contributed by atoms with E-state index in [0.29, 0.717) is 25.8 Å². The van der Waals surface area contributed by atoms with Gasteiger partial charge >= 0.3 is 0 Å². The minimum absolute atomic E-state index is 0.328. The van der Waals surface area contributed by atoms with E-state index in [2.05, 4.69) is 17.3 Å². The Hall–Kier alpha value is -0.880. The fourth-order valence-electron chi connectivity index (χ4n) is 2.57. The third-order valence-electron chi connectivity index (χ3n) is 3.82. The van der Waals surface area contributed by atoms with Crippen molar-refractivity contribution in [2.45, 2.75) is 38.0 Å². The van der Waals surface area contributed by atoms with E-state index in [9.17, 15) is 5.11 Å². The Labute approximate surface area is 120 Å². The summed E-state index contributed by atoms with van der Waals surface area (Å²) < 4.78 is 10.6. The quantitative estimate of drug-likeness (QED) is 0.751. The van der Waals surface area contributed by atoms with Crippen LogP contribution in [0.4, 0.5) is 0 Å². The van der Waals surface area contributed by atoms with E-state index in [-0.39, 0.29) is 0 Å². The first-order valence-corrected chi connectivity index (χ1v) is 7.45. The standard InChI is InChI=1S/C15H26N2O3/c1-17-7-3-2-5-13(17)9-16-10-14(18)11-19-12-15-6-4-8-20-15/h4,6,8,13-14,16,18H,2-3,5,7,9-12H2,1H3. The van der Waals surface area contributed by atoms with Gasteiger partial charge in [-0.3, -0.25) is 0 Å². The molecule has 114 valence electrons. The second-order valence-electron chi connectivity index (χ2n) is 5.54. The highest BCUT2D eigenvalue weighted by molar-refractivity contribution is 4.96. The first kappa shape index (κ1) is 15.5. The molecule has 2 rings (SSSR count). The topological polar surface area (TPSA) is 57.9 Å². The van der Waals surface area contributed by atoms with Gasteiger partial charge in [0.15, 0.2) is 0 Å². The summed E-state index contributed by atoms with van der Waals surface area (Å²) in [5, 5.41) is 13.2. The van der Waals surface area contributed by atoms with E-state index in [0.717, 1.165) is 12.3 Å². The average Bonchev–Trinajstić information content (AvgIpc) is 2.94. The molecule has 0 saturated carbocycles. The summed E-state index contributed by atoms with van der Waals surface area (Å²) in [6.45, 7) is 3.43. The van der Waals surface area contributed by atoms with Crippen LogP contribution in [-0.4, -0.2) is 55.4 Å². The van der Waals surface area contributed by atoms with Crippen molar-refractivity contribution in [3.05, 3.63) is 24.2 Å². The highest BCUT2D eigenvalue weighted by atomic mass is 16.5. The van der Waals surface area contributed by atoms with Crippen LogP contribution in [-0.2, 0) is 11.3 Å². The van der Waals surface area contributed by atoms with E-state index in [4.69, 9.17) is 9.15 Å². The molecule has 0 spiro atoms. The van der Waals surface area contributed by atoms with Gasteiger partial charge in [0.2, 0.25) is 0 Å². The van der Waals surface area contributed by atoms with Crippen molar-refractivity contribution in [3.8, 4) is 0 Å². The summed E-state index contributed by atoms with van der Waals surface area (Å²) in [7, 11) is 2.18. The van der Waals surface area contributed by atoms with E-state index in [1.54, 1.807) is 6.26 Å². The summed E-state index contributed by atoms with van der Waals surface area (Å²) in [5.41, 5.74) is 0. The minimum Gasteiger partial charge on any atom is -0.467 e. The van der Waals surface area contributed by atoms with Crippen molar-refractivity contribution >= 4 is 0 Å². The predicted octanol–water partition coefficient (Wildman–Crippen LogP) is 1.23. The molecule has 0 aliphatic carbocycles. The van der Waals surface area contributed by atoms with Crippen LogP contribution in [0.3, 0.4) is 0 Å². The van der Waals surface area contributed by atoms with Gasteiger partial charge in [-0.15, -0.1) is 0 Å². The van der Waals surface area contributed by atoms with Crippen LogP contribution in [0, 0.1) is 0 Å². The van der Waals surface area contributed by atoms with Crippen LogP contribution in [0.1, 0.15) is 25.0 Å². The van der Waals surface area contributed by atoms with Gasteiger partial charge in [0.1, 0.15) is 12.4 Å². The molecule has 1 aliphatic heterocycles. The monoisotopic (exact) mass is 282 g/mol. The van der Waals surface area contributed by atoms with Gasteiger partial charge < -0.3 is 24.5 Å². The molecule has 0 radical (unpaired) electrons. The summed E-state index contributed by atoms with van der Waals surface area (Å²) >= 11 is 0. The smallest absolute Gasteiger partial charge is 0.129 e. The number of likely N-dealkylation sites (N-methyl/N-ethyl adjacent to an activating group) is 1. The van der Waals surface area contributed by atoms with Gasteiger partial charge in [0, 0.05) is 19.1 Å². The largest absolute Gasteiger partial charge is 0.467 e. The molecule has 1 saturated heterocycles. The van der Waals surface area contributed by atoms with Crippen molar-refractivity contribution in [2.75, 3.05) is 33.3 Å². The normalized spacial score (nSPS) is 22.0. The summed E-state index contributed by atoms with van der Waals surface area (Å²) in [6, 6.07) is 4.29. The van der Waals surface area contributed by atoms with Crippen molar-refractivity contribution in [3.63, 3.8) is 0 Å². The minimum atomic E-state index is -0.473. The van der Waals surface area contributed by atoms with E-state index < -0.39 is 6.10 Å². The summed E-state index contributed by atoms with van der Waals surface area (Å²) in [6.07, 6.45) is 5.01. The third-order valence-corrected chi connectivity index (χ3v) is 3.82. The lowest BCUT2D eigenvalue weighted by Gasteiger charge is -2.32. The third kappa shape index (κ3) is 5.25. The molecule has 0 aromatic carbocycles. The number of furan rings is 1. The fraction of sp³-hybridized carbons (Fsp3) is 0.733. The summed E-state index contributed by atoms with van der Waals surface area (Å²) in [4.78, 5) is 2.40. The molecule has 5 nitrogen and oxygen atoms in total. The van der Waals surface area contributed by atoms with Gasteiger partial charge in [0.05, 0.1) is 19.0 Å². The Morgan fingerprint density at radius 1 is 1.55 bits per heavy atom. The maximum atomic E-state index is 9.84. The highest BCUT2D eigenvalue weighted by Gasteiger charge is 2.18. The van der Waals surface area contributed by atoms with Gasteiger partial charge in [-0.25, -0.2) is 0 Å². The number of aliphatic hydroxyl groups is 1. The molecule has 0 bridgehead atoms. The van der Waals surface area contributed by atoms with Crippen molar-refractivity contribution in [2.24, 2.45) is 0 Å². The van der Waals surface area contributed by atoms with Crippen LogP contribution in [0.25, 0.3) is 0 Å². The average molecular weight is 282 g/mol. The van der Waals surface area contributed by atoms with Gasteiger partial charge in [0.25, 0.3) is 0 Å². The maximum absolute atomic E-state index is 9.84. The first-order valence-electron chi connectivity index (χ1n) is 7.45. The Bertz CT molecular complexity index is 356.